The molecule has 2 aliphatic rings. The van der Waals surface area contributed by atoms with Crippen LogP contribution in [0.5, 0.6) is 17.2 Å². The van der Waals surface area contributed by atoms with Gasteiger partial charge in [-0.05, 0) is 49.2 Å². The third kappa shape index (κ3) is 5.05. The zero-order chi connectivity index (χ0) is 22.8. The van der Waals surface area contributed by atoms with E-state index < -0.39 is 0 Å². The van der Waals surface area contributed by atoms with Crippen LogP contribution in [-0.4, -0.2) is 48.7 Å². The van der Waals surface area contributed by atoms with E-state index in [1.807, 2.05) is 23.1 Å². The largest absolute Gasteiger partial charge is 0.486 e. The number of thiazole rings is 1. The fourth-order valence-corrected chi connectivity index (χ4v) is 5.47. The number of nitrogens with zero attached hydrogens (tertiary/aromatic N) is 2. The van der Waals surface area contributed by atoms with Crippen LogP contribution in [0.2, 0.25) is 10.0 Å². The number of likely N-dealkylation sites (tertiary alicyclic amines) is 1. The molecular formula is C24H22Cl2N2O4S. The summed E-state index contributed by atoms with van der Waals surface area (Å²) in [6.45, 7) is 2.46. The number of rotatable bonds is 5. The minimum absolute atomic E-state index is 0.0441. The van der Waals surface area contributed by atoms with Crippen molar-refractivity contribution in [2.45, 2.75) is 18.8 Å². The maximum Gasteiger partial charge on any atom is 0.260 e. The van der Waals surface area contributed by atoms with E-state index in [-0.39, 0.29) is 12.5 Å². The molecule has 0 aliphatic carbocycles. The second-order valence-corrected chi connectivity index (χ2v) is 9.68. The van der Waals surface area contributed by atoms with Gasteiger partial charge in [-0.15, -0.1) is 11.3 Å². The first-order valence-electron chi connectivity index (χ1n) is 10.8. The Morgan fingerprint density at radius 2 is 1.88 bits per heavy atom. The van der Waals surface area contributed by atoms with Crippen molar-refractivity contribution < 1.29 is 19.0 Å². The Labute approximate surface area is 206 Å². The summed E-state index contributed by atoms with van der Waals surface area (Å²) in [5.74, 6) is 2.30. The minimum Gasteiger partial charge on any atom is -0.486 e. The van der Waals surface area contributed by atoms with Gasteiger partial charge in [-0.1, -0.05) is 23.2 Å². The minimum atomic E-state index is -0.0458. The zero-order valence-electron chi connectivity index (χ0n) is 17.8. The fourth-order valence-electron chi connectivity index (χ4n) is 4.01. The second-order valence-electron chi connectivity index (χ2n) is 7.95. The van der Waals surface area contributed by atoms with Gasteiger partial charge in [-0.2, -0.15) is 0 Å². The molecule has 5 rings (SSSR count). The number of hydrogen-bond acceptors (Lipinski definition) is 6. The average Bonchev–Trinajstić information content (AvgIpc) is 3.33. The lowest BCUT2D eigenvalue weighted by molar-refractivity contribution is -0.134. The van der Waals surface area contributed by atoms with Gasteiger partial charge in [0.2, 0.25) is 0 Å². The van der Waals surface area contributed by atoms with E-state index in [4.69, 9.17) is 42.4 Å². The molecule has 2 aliphatic heterocycles. The summed E-state index contributed by atoms with van der Waals surface area (Å²) in [5.41, 5.74) is 1.96. The molecule has 33 heavy (non-hydrogen) atoms. The number of aromatic nitrogens is 1. The Morgan fingerprint density at radius 1 is 1.09 bits per heavy atom. The van der Waals surface area contributed by atoms with E-state index in [0.717, 1.165) is 40.6 Å². The number of amides is 1. The molecule has 0 bridgehead atoms. The highest BCUT2D eigenvalue weighted by Crippen LogP contribution is 2.37. The van der Waals surface area contributed by atoms with Gasteiger partial charge in [0.1, 0.15) is 19.0 Å². The van der Waals surface area contributed by atoms with Gasteiger partial charge < -0.3 is 19.1 Å². The van der Waals surface area contributed by atoms with E-state index >= 15 is 0 Å². The molecule has 3 heterocycles. The van der Waals surface area contributed by atoms with Gasteiger partial charge in [0.05, 0.1) is 15.7 Å². The van der Waals surface area contributed by atoms with Crippen LogP contribution < -0.4 is 14.2 Å². The Kier molecular flexibility index (Phi) is 6.62. The summed E-state index contributed by atoms with van der Waals surface area (Å²) < 4.78 is 16.9. The molecule has 9 heteroatoms. The molecule has 2 aromatic carbocycles. The number of carbonyl (C=O) groups excluding carboxylic acids is 1. The van der Waals surface area contributed by atoms with Gasteiger partial charge in [0.25, 0.3) is 5.91 Å². The normalized spacial score (nSPS) is 16.0. The lowest BCUT2D eigenvalue weighted by Crippen LogP contribution is -2.40. The van der Waals surface area contributed by atoms with E-state index in [9.17, 15) is 4.79 Å². The van der Waals surface area contributed by atoms with Crippen molar-refractivity contribution in [2.75, 3.05) is 32.9 Å². The molecule has 1 fully saturated rings. The highest BCUT2D eigenvalue weighted by molar-refractivity contribution is 7.10. The highest BCUT2D eigenvalue weighted by Gasteiger charge is 2.26. The maximum absolute atomic E-state index is 12.6. The van der Waals surface area contributed by atoms with Gasteiger partial charge in [0.15, 0.2) is 18.1 Å². The van der Waals surface area contributed by atoms with Gasteiger partial charge >= 0.3 is 0 Å². The number of fused-ring (bicyclic) bond motifs is 1. The second kappa shape index (κ2) is 9.79. The predicted octanol–water partition coefficient (Wildman–Crippen LogP) is 5.67. The van der Waals surface area contributed by atoms with Crippen molar-refractivity contribution in [1.29, 1.82) is 0 Å². The van der Waals surface area contributed by atoms with Crippen molar-refractivity contribution >= 4 is 40.4 Å². The number of halogens is 2. The molecule has 172 valence electrons. The van der Waals surface area contributed by atoms with Crippen molar-refractivity contribution in [1.82, 2.24) is 9.88 Å². The van der Waals surface area contributed by atoms with Crippen molar-refractivity contribution in [3.8, 4) is 28.5 Å². The van der Waals surface area contributed by atoms with Crippen LogP contribution in [0.1, 0.15) is 23.8 Å². The number of piperidine rings is 1. The monoisotopic (exact) mass is 504 g/mol. The highest BCUT2D eigenvalue weighted by atomic mass is 35.5. The summed E-state index contributed by atoms with van der Waals surface area (Å²) in [6, 6.07) is 10.9. The Morgan fingerprint density at radius 3 is 2.67 bits per heavy atom. The van der Waals surface area contributed by atoms with E-state index in [0.29, 0.717) is 48.0 Å². The molecule has 0 spiro atoms. The maximum atomic E-state index is 12.6. The topological polar surface area (TPSA) is 60.9 Å². The van der Waals surface area contributed by atoms with Crippen molar-refractivity contribution in [3.05, 3.63) is 56.8 Å². The van der Waals surface area contributed by atoms with Crippen molar-refractivity contribution in [3.63, 3.8) is 0 Å². The van der Waals surface area contributed by atoms with Crippen LogP contribution in [0.3, 0.4) is 0 Å². The molecule has 0 atom stereocenters. The van der Waals surface area contributed by atoms with Crippen molar-refractivity contribution in [2.24, 2.45) is 0 Å². The van der Waals surface area contributed by atoms with E-state index in [1.54, 1.807) is 29.5 Å². The molecule has 1 aromatic heterocycles. The Hall–Kier alpha value is -2.48. The van der Waals surface area contributed by atoms with E-state index in [1.165, 1.54) is 0 Å². The van der Waals surface area contributed by atoms with Crippen LogP contribution in [0.25, 0.3) is 11.3 Å². The van der Waals surface area contributed by atoms with E-state index in [2.05, 4.69) is 5.38 Å². The molecule has 0 N–H and O–H groups in total. The van der Waals surface area contributed by atoms with Crippen LogP contribution in [0.4, 0.5) is 0 Å². The number of hydrogen-bond donors (Lipinski definition) is 0. The van der Waals surface area contributed by atoms with Gasteiger partial charge in [0, 0.05) is 35.0 Å². The zero-order valence-corrected chi connectivity index (χ0v) is 20.1. The SMILES string of the molecule is O=C(COc1ccc(Cl)cc1Cl)N1CCC(c2nc(-c3ccc4c(c3)OCCO4)cs2)CC1. The molecule has 1 amide bonds. The molecule has 0 radical (unpaired) electrons. The number of ether oxygens (including phenoxy) is 3. The molecule has 0 saturated carbocycles. The molecule has 1 saturated heterocycles. The molecule has 3 aromatic rings. The summed E-state index contributed by atoms with van der Waals surface area (Å²) in [7, 11) is 0. The predicted molar refractivity (Wildman–Crippen MR) is 129 cm³/mol. The van der Waals surface area contributed by atoms with Crippen LogP contribution in [0.15, 0.2) is 41.8 Å². The standard InChI is InChI=1S/C24H22Cl2N2O4S/c25-17-2-4-20(18(26)12-17)32-13-23(29)28-7-5-15(6-8-28)24-27-19(14-33-24)16-1-3-21-22(11-16)31-10-9-30-21/h1-4,11-12,14-15H,5-10,13H2. The molecule has 6 nitrogen and oxygen atoms in total. The fraction of sp³-hybridized carbons (Fsp3) is 0.333. The summed E-state index contributed by atoms with van der Waals surface area (Å²) in [4.78, 5) is 19.3. The summed E-state index contributed by atoms with van der Waals surface area (Å²) >= 11 is 13.7. The smallest absolute Gasteiger partial charge is 0.260 e. The first kappa shape index (κ1) is 22.3. The first-order valence-corrected chi connectivity index (χ1v) is 12.4. The number of carbonyl (C=O) groups is 1. The van der Waals surface area contributed by atoms with Crippen LogP contribution in [0, 0.1) is 0 Å². The number of benzene rings is 2. The van der Waals surface area contributed by atoms with Gasteiger partial charge in [-0.3, -0.25) is 4.79 Å². The summed E-state index contributed by atoms with van der Waals surface area (Å²) in [6.07, 6.45) is 1.75. The molecule has 0 unspecified atom stereocenters. The van der Waals surface area contributed by atoms with Gasteiger partial charge in [-0.25, -0.2) is 4.98 Å². The third-order valence-corrected chi connectivity index (χ3v) is 7.34. The first-order chi connectivity index (χ1) is 16.1. The quantitative estimate of drug-likeness (QED) is 0.447. The molecular weight excluding hydrogens is 483 g/mol. The average molecular weight is 505 g/mol. The Bertz CT molecular complexity index is 1160. The lowest BCUT2D eigenvalue weighted by Gasteiger charge is -2.31. The third-order valence-electron chi connectivity index (χ3n) is 5.80. The van der Waals surface area contributed by atoms with Crippen LogP contribution in [-0.2, 0) is 4.79 Å². The van der Waals surface area contributed by atoms with Crippen LogP contribution >= 0.6 is 34.5 Å². The Balaban J connectivity index is 1.16. The lowest BCUT2D eigenvalue weighted by atomic mass is 9.97. The summed E-state index contributed by atoms with van der Waals surface area (Å²) in [5, 5.41) is 4.12.